The summed E-state index contributed by atoms with van der Waals surface area (Å²) in [5, 5.41) is 12.6. The van der Waals surface area contributed by atoms with Gasteiger partial charge < -0.3 is 14.6 Å². The minimum Gasteiger partial charge on any atom is -0.463 e. The number of ether oxygens (including phenoxy) is 2. The van der Waals surface area contributed by atoms with E-state index in [-0.39, 0.29) is 41.4 Å². The number of hydrogen-bond acceptors (Lipinski definition) is 6. The molecule has 0 bridgehead atoms. The molecule has 6 fully saturated rings. The summed E-state index contributed by atoms with van der Waals surface area (Å²) in [4.78, 5) is 26.8. The lowest BCUT2D eigenvalue weighted by atomic mass is 9.50. The van der Waals surface area contributed by atoms with Gasteiger partial charge in [0.25, 0.3) is 0 Å². The van der Waals surface area contributed by atoms with Gasteiger partial charge in [-0.25, -0.2) is 0 Å². The first kappa shape index (κ1) is 26.1. The lowest BCUT2D eigenvalue weighted by Crippen LogP contribution is -2.62. The van der Waals surface area contributed by atoms with Crippen LogP contribution in [0.2, 0.25) is 0 Å². The molecule has 6 aliphatic rings. The maximum absolute atomic E-state index is 12.6. The molecule has 6 nitrogen and oxygen atoms in total. The number of nitrogens with zero attached hydrogens (tertiary/aromatic N) is 1. The molecule has 4 aliphatic carbocycles. The SMILES string of the molecule is CC(=O)O[C@@H]1CC[C@@]2(C)[C@H](C1)[C@H](OC(C)=O)C[C@@H]1[C@@H]2C[C@H]2[C@@H]3CN4C[C@H](C)CC[C@H]4[C@H](C)[C@H]3CC[C@@]12O. The Morgan fingerprint density at radius 1 is 0.811 bits per heavy atom. The Kier molecular flexibility index (Phi) is 6.50. The van der Waals surface area contributed by atoms with Crippen molar-refractivity contribution in [2.75, 3.05) is 13.1 Å². The van der Waals surface area contributed by atoms with Gasteiger partial charge in [-0.05, 0) is 105 Å². The Balaban J connectivity index is 1.30. The van der Waals surface area contributed by atoms with Gasteiger partial charge in [-0.2, -0.15) is 0 Å². The van der Waals surface area contributed by atoms with Crippen LogP contribution in [-0.2, 0) is 19.1 Å². The molecule has 0 aromatic carbocycles. The fourth-order valence-corrected chi connectivity index (χ4v) is 11.2. The number of aliphatic hydroxyl groups is 1. The third kappa shape index (κ3) is 4.10. The van der Waals surface area contributed by atoms with Crippen molar-refractivity contribution in [1.82, 2.24) is 4.90 Å². The van der Waals surface area contributed by atoms with Gasteiger partial charge in [0.1, 0.15) is 12.2 Å². The molecule has 0 aromatic heterocycles. The van der Waals surface area contributed by atoms with Gasteiger partial charge in [-0.15, -0.1) is 0 Å². The molecule has 208 valence electrons. The molecule has 6 heteroatoms. The van der Waals surface area contributed by atoms with E-state index >= 15 is 0 Å². The standard InChI is InChI=1S/C31H49NO5/c1-17-6-7-28-18(2)22-9-11-31(35)24(23(22)16-32(28)15-17)13-25-26(31)14-29(37-20(4)34)27-12-21(36-19(3)33)8-10-30(25,27)5/h17-18,21-29,35H,6-16H2,1-5H3/t17-,18-,21-,22-,23-,24+,25+,26-,27-,28+,29-,30-,31+/m1/s1. The van der Waals surface area contributed by atoms with Crippen LogP contribution in [0.15, 0.2) is 0 Å². The molecule has 2 heterocycles. The average Bonchev–Trinajstić information content (AvgIpc) is 3.13. The predicted octanol–water partition coefficient (Wildman–Crippen LogP) is 4.82. The van der Waals surface area contributed by atoms with Gasteiger partial charge in [0, 0.05) is 38.9 Å². The Morgan fingerprint density at radius 2 is 1.57 bits per heavy atom. The third-order valence-corrected chi connectivity index (χ3v) is 12.7. The van der Waals surface area contributed by atoms with E-state index in [2.05, 4.69) is 25.7 Å². The molecule has 0 aromatic rings. The smallest absolute Gasteiger partial charge is 0.302 e. The van der Waals surface area contributed by atoms with Crippen LogP contribution in [-0.4, -0.2) is 58.9 Å². The molecule has 0 radical (unpaired) electrons. The third-order valence-electron chi connectivity index (χ3n) is 12.7. The molecule has 0 amide bonds. The summed E-state index contributed by atoms with van der Waals surface area (Å²) < 4.78 is 11.7. The van der Waals surface area contributed by atoms with Gasteiger partial charge in [0.2, 0.25) is 0 Å². The Hall–Kier alpha value is -1.14. The number of carbonyl (C=O) groups excluding carboxylic acids is 2. The lowest BCUT2D eigenvalue weighted by Gasteiger charge is -2.59. The molecule has 4 saturated carbocycles. The Morgan fingerprint density at radius 3 is 2.30 bits per heavy atom. The summed E-state index contributed by atoms with van der Waals surface area (Å²) in [5.74, 6) is 3.41. The molecule has 0 spiro atoms. The number of piperidine rings is 2. The highest BCUT2D eigenvalue weighted by molar-refractivity contribution is 5.66. The minimum absolute atomic E-state index is 0.00922. The average molecular weight is 516 g/mol. The zero-order chi connectivity index (χ0) is 26.3. The zero-order valence-electron chi connectivity index (χ0n) is 23.7. The van der Waals surface area contributed by atoms with Crippen molar-refractivity contribution in [3.63, 3.8) is 0 Å². The van der Waals surface area contributed by atoms with Crippen molar-refractivity contribution in [2.24, 2.45) is 52.8 Å². The maximum Gasteiger partial charge on any atom is 0.302 e. The molecular formula is C31H49NO5. The lowest BCUT2D eigenvalue weighted by molar-refractivity contribution is -0.195. The summed E-state index contributed by atoms with van der Waals surface area (Å²) in [6.07, 6.45) is 8.85. The highest BCUT2D eigenvalue weighted by atomic mass is 16.5. The molecule has 13 atom stereocenters. The van der Waals surface area contributed by atoms with E-state index in [0.29, 0.717) is 29.6 Å². The van der Waals surface area contributed by atoms with E-state index in [1.807, 2.05) is 0 Å². The summed E-state index contributed by atoms with van der Waals surface area (Å²) in [5.41, 5.74) is -0.663. The number of fused-ring (bicyclic) bond motifs is 8. The molecule has 1 N–H and O–H groups in total. The number of hydrogen-bond donors (Lipinski definition) is 1. The highest BCUT2D eigenvalue weighted by Gasteiger charge is 2.68. The normalized spacial score (nSPS) is 53.1. The van der Waals surface area contributed by atoms with Crippen molar-refractivity contribution in [2.45, 2.75) is 116 Å². The zero-order valence-corrected chi connectivity index (χ0v) is 23.7. The molecule has 6 rings (SSSR count). The van der Waals surface area contributed by atoms with Crippen molar-refractivity contribution >= 4 is 11.9 Å². The van der Waals surface area contributed by atoms with E-state index < -0.39 is 5.60 Å². The number of rotatable bonds is 2. The van der Waals surface area contributed by atoms with Crippen LogP contribution < -0.4 is 0 Å². The first-order chi connectivity index (χ1) is 17.5. The van der Waals surface area contributed by atoms with E-state index in [1.165, 1.54) is 33.2 Å². The summed E-state index contributed by atoms with van der Waals surface area (Å²) in [6, 6.07) is 0.721. The van der Waals surface area contributed by atoms with Crippen LogP contribution >= 0.6 is 0 Å². The van der Waals surface area contributed by atoms with Gasteiger partial charge in [0.05, 0.1) is 5.60 Å². The van der Waals surface area contributed by atoms with Crippen LogP contribution in [0.5, 0.6) is 0 Å². The first-order valence-electron chi connectivity index (χ1n) is 15.3. The summed E-state index contributed by atoms with van der Waals surface area (Å²) >= 11 is 0. The molecule has 2 aliphatic heterocycles. The van der Waals surface area contributed by atoms with Gasteiger partial charge in [0.15, 0.2) is 0 Å². The van der Waals surface area contributed by atoms with Crippen LogP contribution in [0.1, 0.15) is 92.4 Å². The van der Waals surface area contributed by atoms with Crippen LogP contribution in [0.25, 0.3) is 0 Å². The number of carbonyl (C=O) groups is 2. The fourth-order valence-electron chi connectivity index (χ4n) is 11.2. The minimum atomic E-state index is -0.654. The molecular weight excluding hydrogens is 466 g/mol. The number of esters is 2. The van der Waals surface area contributed by atoms with E-state index in [9.17, 15) is 14.7 Å². The van der Waals surface area contributed by atoms with Crippen LogP contribution in [0, 0.1) is 52.8 Å². The first-order valence-corrected chi connectivity index (χ1v) is 15.3. The molecule has 0 unspecified atom stereocenters. The van der Waals surface area contributed by atoms with E-state index in [4.69, 9.17) is 9.47 Å². The van der Waals surface area contributed by atoms with Crippen molar-refractivity contribution in [3.05, 3.63) is 0 Å². The van der Waals surface area contributed by atoms with Crippen molar-refractivity contribution in [3.8, 4) is 0 Å². The fraction of sp³-hybridized carbons (Fsp3) is 0.935. The molecule has 37 heavy (non-hydrogen) atoms. The van der Waals surface area contributed by atoms with Crippen molar-refractivity contribution < 1.29 is 24.2 Å². The van der Waals surface area contributed by atoms with Gasteiger partial charge >= 0.3 is 11.9 Å². The predicted molar refractivity (Wildman–Crippen MR) is 140 cm³/mol. The summed E-state index contributed by atoms with van der Waals surface area (Å²) in [6.45, 7) is 12.7. The summed E-state index contributed by atoms with van der Waals surface area (Å²) in [7, 11) is 0. The Bertz CT molecular complexity index is 921. The van der Waals surface area contributed by atoms with Crippen LogP contribution in [0.3, 0.4) is 0 Å². The largest absolute Gasteiger partial charge is 0.463 e. The van der Waals surface area contributed by atoms with Gasteiger partial charge in [-0.3, -0.25) is 14.5 Å². The maximum atomic E-state index is 12.6. The van der Waals surface area contributed by atoms with Gasteiger partial charge in [-0.1, -0.05) is 20.8 Å². The quantitative estimate of drug-likeness (QED) is 0.532. The monoisotopic (exact) mass is 515 g/mol. The van der Waals surface area contributed by atoms with E-state index in [1.54, 1.807) is 0 Å². The second-order valence-electron chi connectivity index (χ2n) is 14.5. The van der Waals surface area contributed by atoms with Crippen molar-refractivity contribution in [1.29, 1.82) is 0 Å². The van der Waals surface area contributed by atoms with Crippen LogP contribution in [0.4, 0.5) is 0 Å². The Labute approximate surface area is 223 Å². The topological polar surface area (TPSA) is 76.1 Å². The molecule has 2 saturated heterocycles. The second-order valence-corrected chi connectivity index (χ2v) is 14.5. The van der Waals surface area contributed by atoms with E-state index in [0.717, 1.165) is 63.5 Å². The second kappa shape index (κ2) is 9.21. The highest BCUT2D eigenvalue weighted by Crippen LogP contribution is 2.68.